The van der Waals surface area contributed by atoms with E-state index in [-0.39, 0.29) is 24.4 Å². The molecule has 3 aromatic heterocycles. The van der Waals surface area contributed by atoms with Crippen LogP contribution in [0.25, 0.3) is 16.7 Å². The zero-order valence-corrected chi connectivity index (χ0v) is 15.2. The standard InChI is InChI=1S/C20H18N6O2/c1-14-23-19-17(13-22-26(19)16-7-3-2-4-8-16)20(28)25(14)11-9-18(27)24-15-6-5-10-21-12-15/h2-8,10,12-13H,9,11H2,1H3,(H,24,27). The van der Waals surface area contributed by atoms with Crippen LogP contribution in [0.4, 0.5) is 5.69 Å². The van der Waals surface area contributed by atoms with Gasteiger partial charge in [0.15, 0.2) is 5.65 Å². The maximum absolute atomic E-state index is 12.9. The van der Waals surface area contributed by atoms with Gasteiger partial charge in [-0.2, -0.15) is 5.10 Å². The highest BCUT2D eigenvalue weighted by atomic mass is 16.2. The first-order chi connectivity index (χ1) is 13.6. The number of carbonyl (C=O) groups is 1. The number of rotatable bonds is 5. The van der Waals surface area contributed by atoms with E-state index in [4.69, 9.17) is 0 Å². The number of aryl methyl sites for hydroxylation is 1. The van der Waals surface area contributed by atoms with Gasteiger partial charge in [-0.05, 0) is 31.2 Å². The van der Waals surface area contributed by atoms with Gasteiger partial charge < -0.3 is 5.32 Å². The third kappa shape index (κ3) is 3.39. The highest BCUT2D eigenvalue weighted by Crippen LogP contribution is 2.14. The van der Waals surface area contributed by atoms with E-state index in [0.717, 1.165) is 5.69 Å². The topological polar surface area (TPSA) is 94.7 Å². The van der Waals surface area contributed by atoms with Gasteiger partial charge in [-0.25, -0.2) is 9.67 Å². The number of carbonyl (C=O) groups excluding carboxylic acids is 1. The molecule has 0 fully saturated rings. The fourth-order valence-corrected chi connectivity index (χ4v) is 3.00. The lowest BCUT2D eigenvalue weighted by atomic mass is 10.3. The summed E-state index contributed by atoms with van der Waals surface area (Å²) < 4.78 is 3.14. The minimum absolute atomic E-state index is 0.148. The van der Waals surface area contributed by atoms with Crippen molar-refractivity contribution in [1.29, 1.82) is 0 Å². The van der Waals surface area contributed by atoms with Crippen molar-refractivity contribution >= 4 is 22.6 Å². The fourth-order valence-electron chi connectivity index (χ4n) is 3.00. The monoisotopic (exact) mass is 374 g/mol. The first-order valence-corrected chi connectivity index (χ1v) is 8.84. The van der Waals surface area contributed by atoms with E-state index in [1.54, 1.807) is 36.1 Å². The summed E-state index contributed by atoms with van der Waals surface area (Å²) >= 11 is 0. The number of aromatic nitrogens is 5. The normalized spacial score (nSPS) is 10.9. The highest BCUT2D eigenvalue weighted by Gasteiger charge is 2.15. The third-order valence-corrected chi connectivity index (χ3v) is 4.39. The molecule has 0 saturated heterocycles. The van der Waals surface area contributed by atoms with Crippen LogP contribution in [-0.2, 0) is 11.3 Å². The predicted molar refractivity (Wildman–Crippen MR) is 105 cm³/mol. The molecule has 0 aliphatic heterocycles. The summed E-state index contributed by atoms with van der Waals surface area (Å²) in [5, 5.41) is 7.49. The molecule has 0 saturated carbocycles. The van der Waals surface area contributed by atoms with Crippen LogP contribution < -0.4 is 10.9 Å². The van der Waals surface area contributed by atoms with Crippen molar-refractivity contribution < 1.29 is 4.79 Å². The molecule has 1 amide bonds. The highest BCUT2D eigenvalue weighted by molar-refractivity contribution is 5.90. The largest absolute Gasteiger partial charge is 0.325 e. The first-order valence-electron chi connectivity index (χ1n) is 8.84. The summed E-state index contributed by atoms with van der Waals surface area (Å²) in [6.45, 7) is 1.98. The van der Waals surface area contributed by atoms with E-state index in [9.17, 15) is 9.59 Å². The summed E-state index contributed by atoms with van der Waals surface area (Å²) in [6, 6.07) is 13.0. The fraction of sp³-hybridized carbons (Fsp3) is 0.150. The van der Waals surface area contributed by atoms with E-state index in [1.165, 1.54) is 10.8 Å². The van der Waals surface area contributed by atoms with Crippen LogP contribution in [-0.4, -0.2) is 30.2 Å². The molecule has 0 radical (unpaired) electrons. The Labute approximate surface area is 160 Å². The molecule has 4 aromatic rings. The van der Waals surface area contributed by atoms with Crippen LogP contribution in [0.2, 0.25) is 0 Å². The molecule has 1 aromatic carbocycles. The van der Waals surface area contributed by atoms with Gasteiger partial charge in [0.2, 0.25) is 5.91 Å². The zero-order chi connectivity index (χ0) is 19.5. The number of pyridine rings is 1. The Morgan fingerprint density at radius 3 is 2.68 bits per heavy atom. The van der Waals surface area contributed by atoms with Crippen molar-refractivity contribution in [2.75, 3.05) is 5.32 Å². The predicted octanol–water partition coefficient (Wildman–Crippen LogP) is 2.31. The lowest BCUT2D eigenvalue weighted by Gasteiger charge is -2.10. The second kappa shape index (κ2) is 7.43. The van der Waals surface area contributed by atoms with Crippen LogP contribution >= 0.6 is 0 Å². The van der Waals surface area contributed by atoms with Gasteiger partial charge in [0.25, 0.3) is 5.56 Å². The van der Waals surface area contributed by atoms with Crippen molar-refractivity contribution in [3.05, 3.63) is 77.2 Å². The Morgan fingerprint density at radius 1 is 1.11 bits per heavy atom. The van der Waals surface area contributed by atoms with E-state index in [2.05, 4.69) is 20.4 Å². The minimum atomic E-state index is -0.209. The van der Waals surface area contributed by atoms with Crippen molar-refractivity contribution in [2.45, 2.75) is 19.9 Å². The summed E-state index contributed by atoms with van der Waals surface area (Å²) in [5.74, 6) is 0.337. The van der Waals surface area contributed by atoms with Crippen LogP contribution in [0.15, 0.2) is 65.8 Å². The molecule has 0 spiro atoms. The van der Waals surface area contributed by atoms with Gasteiger partial charge in [-0.1, -0.05) is 18.2 Å². The number of amides is 1. The number of nitrogens with zero attached hydrogens (tertiary/aromatic N) is 5. The Balaban J connectivity index is 1.58. The van der Waals surface area contributed by atoms with Gasteiger partial charge in [0.05, 0.1) is 23.8 Å². The summed E-state index contributed by atoms with van der Waals surface area (Å²) in [5.41, 5.74) is 1.75. The van der Waals surface area contributed by atoms with Gasteiger partial charge in [0.1, 0.15) is 11.2 Å². The van der Waals surface area contributed by atoms with E-state index < -0.39 is 0 Å². The molecule has 0 bridgehead atoms. The Bertz CT molecular complexity index is 1180. The SMILES string of the molecule is Cc1nc2c(cnn2-c2ccccc2)c(=O)n1CCC(=O)Nc1cccnc1. The van der Waals surface area contributed by atoms with Crippen molar-refractivity contribution in [3.8, 4) is 5.69 Å². The lowest BCUT2D eigenvalue weighted by Crippen LogP contribution is -2.26. The number of para-hydroxylation sites is 1. The van der Waals surface area contributed by atoms with Gasteiger partial charge in [-0.3, -0.25) is 19.1 Å². The molecule has 4 rings (SSSR count). The molecule has 0 atom stereocenters. The van der Waals surface area contributed by atoms with Gasteiger partial charge in [0, 0.05) is 19.2 Å². The molecule has 28 heavy (non-hydrogen) atoms. The molecule has 0 aliphatic rings. The van der Waals surface area contributed by atoms with Crippen LogP contribution in [0.5, 0.6) is 0 Å². The molecular formula is C20H18N6O2. The van der Waals surface area contributed by atoms with Crippen molar-refractivity contribution in [3.63, 3.8) is 0 Å². The van der Waals surface area contributed by atoms with E-state index in [1.807, 2.05) is 30.3 Å². The number of anilines is 1. The average molecular weight is 374 g/mol. The number of fused-ring (bicyclic) bond motifs is 1. The molecule has 8 heteroatoms. The van der Waals surface area contributed by atoms with Crippen molar-refractivity contribution in [1.82, 2.24) is 24.3 Å². The van der Waals surface area contributed by atoms with Gasteiger partial charge >= 0.3 is 0 Å². The Kier molecular flexibility index (Phi) is 4.67. The second-order valence-electron chi connectivity index (χ2n) is 6.28. The number of nitrogens with one attached hydrogen (secondary N) is 1. The first kappa shape index (κ1) is 17.6. The van der Waals surface area contributed by atoms with Crippen LogP contribution in [0.1, 0.15) is 12.2 Å². The number of benzene rings is 1. The van der Waals surface area contributed by atoms with Gasteiger partial charge in [-0.15, -0.1) is 0 Å². The Morgan fingerprint density at radius 2 is 1.93 bits per heavy atom. The quantitative estimate of drug-likeness (QED) is 0.578. The molecule has 0 unspecified atom stereocenters. The van der Waals surface area contributed by atoms with E-state index in [0.29, 0.717) is 22.5 Å². The molecule has 8 nitrogen and oxygen atoms in total. The summed E-state index contributed by atoms with van der Waals surface area (Å²) in [4.78, 5) is 33.6. The number of hydrogen-bond donors (Lipinski definition) is 1. The Hall–Kier alpha value is -3.81. The van der Waals surface area contributed by atoms with Crippen LogP contribution in [0, 0.1) is 6.92 Å². The average Bonchev–Trinajstić information content (AvgIpc) is 3.13. The van der Waals surface area contributed by atoms with E-state index >= 15 is 0 Å². The minimum Gasteiger partial charge on any atom is -0.325 e. The lowest BCUT2D eigenvalue weighted by molar-refractivity contribution is -0.116. The maximum Gasteiger partial charge on any atom is 0.264 e. The molecule has 140 valence electrons. The third-order valence-electron chi connectivity index (χ3n) is 4.39. The molecular weight excluding hydrogens is 356 g/mol. The molecule has 3 heterocycles. The molecule has 0 aliphatic carbocycles. The summed E-state index contributed by atoms with van der Waals surface area (Å²) in [6.07, 6.45) is 4.87. The zero-order valence-electron chi connectivity index (χ0n) is 15.2. The second-order valence-corrected chi connectivity index (χ2v) is 6.28. The summed E-state index contributed by atoms with van der Waals surface area (Å²) in [7, 11) is 0. The maximum atomic E-state index is 12.9. The number of hydrogen-bond acceptors (Lipinski definition) is 5. The molecule has 1 N–H and O–H groups in total. The van der Waals surface area contributed by atoms with Crippen LogP contribution in [0.3, 0.4) is 0 Å². The van der Waals surface area contributed by atoms with Crippen molar-refractivity contribution in [2.24, 2.45) is 0 Å². The smallest absolute Gasteiger partial charge is 0.264 e.